The highest BCUT2D eigenvalue weighted by Gasteiger charge is 2.22. The topological polar surface area (TPSA) is 66.4 Å². The lowest BCUT2D eigenvalue weighted by atomic mass is 10.3. The van der Waals surface area contributed by atoms with Crippen LogP contribution in [0.15, 0.2) is 53.8 Å². The van der Waals surface area contributed by atoms with Crippen LogP contribution >= 0.6 is 35.1 Å². The van der Waals surface area contributed by atoms with E-state index in [1.807, 2.05) is 18.2 Å². The van der Waals surface area contributed by atoms with Crippen LogP contribution in [0, 0.1) is 0 Å². The highest BCUT2D eigenvalue weighted by molar-refractivity contribution is 8.39. The summed E-state index contributed by atoms with van der Waals surface area (Å²) in [4.78, 5) is 16.3. The first kappa shape index (κ1) is 16.2. The minimum Gasteiger partial charge on any atom is -0.325 e. The number of thioether (sulfide) groups is 2. The van der Waals surface area contributed by atoms with Gasteiger partial charge in [-0.25, -0.2) is 0 Å². The number of amides is 1. The maximum absolute atomic E-state index is 12.0. The molecule has 0 unspecified atom stereocenters. The van der Waals surface area contributed by atoms with Crippen molar-refractivity contribution < 1.29 is 4.79 Å². The first-order chi connectivity index (χ1) is 11.2. The molecule has 1 atom stereocenters. The molecule has 23 heavy (non-hydrogen) atoms. The predicted octanol–water partition coefficient (Wildman–Crippen LogP) is 3.71. The van der Waals surface area contributed by atoms with Gasteiger partial charge in [0.05, 0.1) is 11.4 Å². The van der Waals surface area contributed by atoms with E-state index < -0.39 is 0 Å². The summed E-state index contributed by atoms with van der Waals surface area (Å²) in [5.74, 6) is 0.191. The fourth-order valence-electron chi connectivity index (χ4n) is 1.88. The number of halogens is 1. The molecule has 1 aliphatic rings. The number of hydrazone groups is 1. The first-order valence-electron chi connectivity index (χ1n) is 6.80. The van der Waals surface area contributed by atoms with Gasteiger partial charge in [-0.2, -0.15) is 5.10 Å². The molecular weight excluding hydrogens is 352 g/mol. The minimum absolute atomic E-state index is 0.00492. The summed E-state index contributed by atoms with van der Waals surface area (Å²) in [6.07, 6.45) is 1.75. The fraction of sp³-hybridized carbons (Fsp3) is 0.133. The van der Waals surface area contributed by atoms with Crippen LogP contribution in [0.3, 0.4) is 0 Å². The molecule has 118 valence electrons. The molecule has 2 aromatic rings. The Bertz CT molecular complexity index is 726. The molecule has 0 bridgehead atoms. The van der Waals surface area contributed by atoms with E-state index in [2.05, 4.69) is 20.8 Å². The largest absolute Gasteiger partial charge is 0.325 e. The standard InChI is InChI=1S/C15H13ClN4OS2/c16-10-4-3-5-11(8-10)18-13(21)9-22-15-20-19-14(23-15)12-6-1-2-7-17-12/h1-8,14,19H,9H2,(H,18,21)/t14-/m0/s1. The van der Waals surface area contributed by atoms with Gasteiger partial charge < -0.3 is 5.32 Å². The van der Waals surface area contributed by atoms with Crippen LogP contribution in [0.4, 0.5) is 5.69 Å². The van der Waals surface area contributed by atoms with Gasteiger partial charge in [-0.05, 0) is 30.3 Å². The summed E-state index contributed by atoms with van der Waals surface area (Å²) in [6.45, 7) is 0. The number of pyridine rings is 1. The first-order valence-corrected chi connectivity index (χ1v) is 9.04. The molecule has 1 aromatic heterocycles. The zero-order valence-electron chi connectivity index (χ0n) is 11.9. The monoisotopic (exact) mass is 364 g/mol. The van der Waals surface area contributed by atoms with Gasteiger partial charge in [0.2, 0.25) is 5.91 Å². The highest BCUT2D eigenvalue weighted by Crippen LogP contribution is 2.34. The molecule has 0 aliphatic carbocycles. The van der Waals surface area contributed by atoms with Gasteiger partial charge in [0, 0.05) is 16.9 Å². The van der Waals surface area contributed by atoms with Gasteiger partial charge in [0.1, 0.15) is 5.37 Å². The quantitative estimate of drug-likeness (QED) is 0.865. The average Bonchev–Trinajstić information content (AvgIpc) is 3.03. The Morgan fingerprint density at radius 2 is 2.26 bits per heavy atom. The van der Waals surface area contributed by atoms with Gasteiger partial charge >= 0.3 is 0 Å². The number of hydrogen-bond acceptors (Lipinski definition) is 6. The van der Waals surface area contributed by atoms with Crippen LogP contribution in [0.2, 0.25) is 5.02 Å². The summed E-state index contributed by atoms with van der Waals surface area (Å²) < 4.78 is 0.821. The van der Waals surface area contributed by atoms with Crippen molar-refractivity contribution in [3.8, 4) is 0 Å². The second-order valence-corrected chi connectivity index (χ2v) is 7.36. The van der Waals surface area contributed by atoms with E-state index in [4.69, 9.17) is 11.6 Å². The van der Waals surface area contributed by atoms with E-state index in [0.717, 1.165) is 10.1 Å². The predicted molar refractivity (Wildman–Crippen MR) is 97.7 cm³/mol. The van der Waals surface area contributed by atoms with Crippen LogP contribution in [-0.4, -0.2) is 21.0 Å². The van der Waals surface area contributed by atoms with E-state index in [1.165, 1.54) is 11.8 Å². The molecule has 3 rings (SSSR count). The summed E-state index contributed by atoms with van der Waals surface area (Å²) in [5.41, 5.74) is 4.63. The Balaban J connectivity index is 1.47. The lowest BCUT2D eigenvalue weighted by Gasteiger charge is -2.07. The second-order valence-electron chi connectivity index (χ2n) is 4.61. The van der Waals surface area contributed by atoms with Crippen LogP contribution in [0.1, 0.15) is 11.1 Å². The Hall–Kier alpha value is -1.70. The minimum atomic E-state index is -0.0955. The Morgan fingerprint density at radius 3 is 3.04 bits per heavy atom. The highest BCUT2D eigenvalue weighted by atomic mass is 35.5. The van der Waals surface area contributed by atoms with Crippen molar-refractivity contribution in [2.45, 2.75) is 5.37 Å². The van der Waals surface area contributed by atoms with Gasteiger partial charge in [-0.3, -0.25) is 15.2 Å². The van der Waals surface area contributed by atoms with Crippen molar-refractivity contribution in [3.05, 3.63) is 59.4 Å². The van der Waals surface area contributed by atoms with E-state index in [9.17, 15) is 4.79 Å². The molecular formula is C15H13ClN4OS2. The number of nitrogens with one attached hydrogen (secondary N) is 2. The van der Waals surface area contributed by atoms with Gasteiger partial charge in [0.15, 0.2) is 4.38 Å². The number of rotatable bonds is 4. The van der Waals surface area contributed by atoms with Crippen molar-refractivity contribution in [3.63, 3.8) is 0 Å². The zero-order valence-corrected chi connectivity index (χ0v) is 14.3. The van der Waals surface area contributed by atoms with Crippen molar-refractivity contribution in [2.24, 2.45) is 5.10 Å². The molecule has 2 heterocycles. The second kappa shape index (κ2) is 7.72. The summed E-state index contributed by atoms with van der Waals surface area (Å²) in [5, 5.41) is 7.63. The number of hydrogen-bond donors (Lipinski definition) is 2. The lowest BCUT2D eigenvalue weighted by Crippen LogP contribution is -2.14. The van der Waals surface area contributed by atoms with E-state index in [-0.39, 0.29) is 17.0 Å². The SMILES string of the molecule is O=C(CSC1=NN[C@H](c2ccccn2)S1)Nc1cccc(Cl)c1. The van der Waals surface area contributed by atoms with Gasteiger partial charge in [-0.1, -0.05) is 47.3 Å². The molecule has 5 nitrogen and oxygen atoms in total. The van der Waals surface area contributed by atoms with Crippen molar-refractivity contribution in [1.29, 1.82) is 0 Å². The van der Waals surface area contributed by atoms with Crippen molar-refractivity contribution >= 4 is 51.1 Å². The van der Waals surface area contributed by atoms with E-state index in [1.54, 1.807) is 42.2 Å². The van der Waals surface area contributed by atoms with Crippen LogP contribution in [0.5, 0.6) is 0 Å². The molecule has 1 aromatic carbocycles. The van der Waals surface area contributed by atoms with Crippen LogP contribution < -0.4 is 10.7 Å². The van der Waals surface area contributed by atoms with Gasteiger partial charge in [-0.15, -0.1) is 0 Å². The molecule has 0 spiro atoms. The number of benzene rings is 1. The van der Waals surface area contributed by atoms with Crippen LogP contribution in [-0.2, 0) is 4.79 Å². The molecule has 1 amide bonds. The number of carbonyl (C=O) groups excluding carboxylic acids is 1. The van der Waals surface area contributed by atoms with E-state index in [0.29, 0.717) is 10.7 Å². The maximum Gasteiger partial charge on any atom is 0.234 e. The van der Waals surface area contributed by atoms with Crippen LogP contribution in [0.25, 0.3) is 0 Å². The maximum atomic E-state index is 12.0. The smallest absolute Gasteiger partial charge is 0.234 e. The number of anilines is 1. The lowest BCUT2D eigenvalue weighted by molar-refractivity contribution is -0.113. The molecule has 0 saturated carbocycles. The average molecular weight is 365 g/mol. The molecule has 1 aliphatic heterocycles. The third-order valence-corrected chi connectivity index (χ3v) is 5.38. The Labute approximate surface area is 147 Å². The third kappa shape index (κ3) is 4.63. The third-order valence-electron chi connectivity index (χ3n) is 2.88. The van der Waals surface area contributed by atoms with Crippen molar-refractivity contribution in [1.82, 2.24) is 10.4 Å². The number of carbonyl (C=O) groups is 1. The Kier molecular flexibility index (Phi) is 5.43. The number of nitrogens with zero attached hydrogens (tertiary/aromatic N) is 2. The fourth-order valence-corrected chi connectivity index (χ4v) is 3.92. The zero-order chi connectivity index (χ0) is 16.1. The Morgan fingerprint density at radius 1 is 1.35 bits per heavy atom. The normalized spacial score (nSPS) is 16.6. The molecule has 8 heteroatoms. The van der Waals surface area contributed by atoms with Crippen molar-refractivity contribution in [2.75, 3.05) is 11.1 Å². The molecule has 0 saturated heterocycles. The van der Waals surface area contributed by atoms with Gasteiger partial charge in [0.25, 0.3) is 0 Å². The molecule has 2 N–H and O–H groups in total. The molecule has 0 radical (unpaired) electrons. The summed E-state index contributed by atoms with van der Waals surface area (Å²) in [6, 6.07) is 12.8. The molecule has 0 fully saturated rings. The summed E-state index contributed by atoms with van der Waals surface area (Å²) >= 11 is 8.83. The number of aromatic nitrogens is 1. The summed E-state index contributed by atoms with van der Waals surface area (Å²) in [7, 11) is 0. The van der Waals surface area contributed by atoms with E-state index >= 15 is 0 Å².